The quantitative estimate of drug-likeness (QED) is 0.863. The summed E-state index contributed by atoms with van der Waals surface area (Å²) < 4.78 is 65.7. The number of halogens is 5. The van der Waals surface area contributed by atoms with Gasteiger partial charge in [0.25, 0.3) is 0 Å². The first-order valence-electron chi connectivity index (χ1n) is 5.97. The van der Waals surface area contributed by atoms with Gasteiger partial charge in [-0.25, -0.2) is 13.5 Å². The summed E-state index contributed by atoms with van der Waals surface area (Å²) in [5.41, 5.74) is 4.18. The van der Waals surface area contributed by atoms with Gasteiger partial charge in [0.15, 0.2) is 11.6 Å². The molecular formula is C13H9F5N4. The number of benzene rings is 1. The lowest BCUT2D eigenvalue weighted by molar-refractivity contribution is -0.164. The highest BCUT2D eigenvalue weighted by atomic mass is 19.4. The summed E-state index contributed by atoms with van der Waals surface area (Å²) in [4.78, 5) is 0. The number of nitrogens with zero attached hydrogens (tertiary/aromatic N) is 3. The lowest BCUT2D eigenvalue weighted by Crippen LogP contribution is -2.25. The Morgan fingerprint density at radius 1 is 1.32 bits per heavy atom. The van der Waals surface area contributed by atoms with Crippen molar-refractivity contribution >= 4 is 5.82 Å². The Morgan fingerprint density at radius 2 is 1.95 bits per heavy atom. The van der Waals surface area contributed by atoms with Gasteiger partial charge in [0.2, 0.25) is 0 Å². The minimum absolute atomic E-state index is 0.373. The third-order valence-electron chi connectivity index (χ3n) is 3.11. The molecule has 0 saturated carbocycles. The van der Waals surface area contributed by atoms with E-state index in [1.54, 1.807) is 6.07 Å². The van der Waals surface area contributed by atoms with E-state index >= 15 is 0 Å². The molecule has 1 heterocycles. The van der Waals surface area contributed by atoms with E-state index in [9.17, 15) is 22.0 Å². The van der Waals surface area contributed by atoms with Gasteiger partial charge >= 0.3 is 6.18 Å². The molecule has 0 fully saturated rings. The predicted octanol–water partition coefficient (Wildman–Crippen LogP) is 3.41. The largest absolute Gasteiger partial charge is 0.410 e. The molecule has 2 aromatic rings. The molecule has 22 heavy (non-hydrogen) atoms. The van der Waals surface area contributed by atoms with Gasteiger partial charge < -0.3 is 5.73 Å². The first-order valence-corrected chi connectivity index (χ1v) is 5.97. The van der Waals surface area contributed by atoms with E-state index < -0.39 is 46.5 Å². The summed E-state index contributed by atoms with van der Waals surface area (Å²) in [7, 11) is 0. The molecule has 0 saturated heterocycles. The first-order chi connectivity index (χ1) is 10.2. The average Bonchev–Trinajstić information content (AvgIpc) is 2.76. The minimum Gasteiger partial charge on any atom is -0.383 e. The van der Waals surface area contributed by atoms with Gasteiger partial charge in [-0.3, -0.25) is 0 Å². The number of nitrogen functional groups attached to an aromatic ring is 1. The summed E-state index contributed by atoms with van der Waals surface area (Å²) in [6.45, 7) is 0.788. The molecule has 9 heteroatoms. The number of nitrogens with two attached hydrogens (primary N) is 1. The van der Waals surface area contributed by atoms with Crippen LogP contribution >= 0.6 is 0 Å². The zero-order valence-corrected chi connectivity index (χ0v) is 11.1. The van der Waals surface area contributed by atoms with Gasteiger partial charge in [0.05, 0.1) is 0 Å². The highest BCUT2D eigenvalue weighted by Gasteiger charge is 2.40. The number of anilines is 1. The second-order valence-electron chi connectivity index (χ2n) is 4.48. The van der Waals surface area contributed by atoms with Crippen LogP contribution in [-0.4, -0.2) is 16.0 Å². The second-order valence-corrected chi connectivity index (χ2v) is 4.48. The molecule has 2 N–H and O–H groups in total. The second kappa shape index (κ2) is 5.29. The summed E-state index contributed by atoms with van der Waals surface area (Å²) >= 11 is 0. The average molecular weight is 316 g/mol. The molecule has 0 aliphatic rings. The number of hydrogen-bond acceptors (Lipinski definition) is 3. The Kier molecular flexibility index (Phi) is 3.79. The summed E-state index contributed by atoms with van der Waals surface area (Å²) in [6.07, 6.45) is -4.66. The van der Waals surface area contributed by atoms with Crippen LogP contribution in [0.3, 0.4) is 0 Å². The maximum atomic E-state index is 13.8. The van der Waals surface area contributed by atoms with Crippen LogP contribution in [0.2, 0.25) is 0 Å². The van der Waals surface area contributed by atoms with Crippen LogP contribution < -0.4 is 5.73 Å². The lowest BCUT2D eigenvalue weighted by Gasteiger charge is -2.17. The van der Waals surface area contributed by atoms with Crippen molar-refractivity contribution in [2.75, 3.05) is 5.73 Å². The molecule has 116 valence electrons. The van der Waals surface area contributed by atoms with Crippen molar-refractivity contribution in [1.29, 1.82) is 5.26 Å². The number of rotatable bonds is 2. The fraction of sp³-hybridized carbons (Fsp3) is 0.231. The molecule has 0 amide bonds. The van der Waals surface area contributed by atoms with E-state index in [0.29, 0.717) is 4.68 Å². The Balaban J connectivity index is 2.69. The molecule has 4 nitrogen and oxygen atoms in total. The SMILES string of the molecule is CC(n1nc(-c2cccc(F)c2F)c(C#N)c1N)C(F)(F)F. The van der Waals surface area contributed by atoms with Gasteiger partial charge in [-0.1, -0.05) is 6.07 Å². The summed E-state index contributed by atoms with van der Waals surface area (Å²) in [5.74, 6) is -3.09. The van der Waals surface area contributed by atoms with E-state index in [1.807, 2.05) is 0 Å². The molecule has 1 atom stereocenters. The van der Waals surface area contributed by atoms with Gasteiger partial charge in [0, 0.05) is 5.56 Å². The Hall–Kier alpha value is -2.63. The fourth-order valence-electron chi connectivity index (χ4n) is 1.87. The molecule has 0 radical (unpaired) electrons. The zero-order valence-electron chi connectivity index (χ0n) is 11.1. The molecule has 1 unspecified atom stereocenters. The molecule has 0 bridgehead atoms. The molecule has 1 aromatic carbocycles. The van der Waals surface area contributed by atoms with Crippen molar-refractivity contribution in [3.63, 3.8) is 0 Å². The van der Waals surface area contributed by atoms with Crippen molar-refractivity contribution in [3.8, 4) is 17.3 Å². The maximum Gasteiger partial charge on any atom is 0.410 e. The number of aromatic nitrogens is 2. The van der Waals surface area contributed by atoms with Gasteiger partial charge in [-0.2, -0.15) is 23.5 Å². The first kappa shape index (κ1) is 15.8. The van der Waals surface area contributed by atoms with E-state index in [2.05, 4.69) is 5.10 Å². The highest BCUT2D eigenvalue weighted by Crippen LogP contribution is 2.36. The van der Waals surface area contributed by atoms with Crippen LogP contribution in [0.4, 0.5) is 27.8 Å². The van der Waals surface area contributed by atoms with Crippen LogP contribution in [0.25, 0.3) is 11.3 Å². The molecule has 2 rings (SSSR count). The Labute approximate surface area is 121 Å². The van der Waals surface area contributed by atoms with Gasteiger partial charge in [0.1, 0.15) is 29.2 Å². The van der Waals surface area contributed by atoms with Crippen molar-refractivity contribution < 1.29 is 22.0 Å². The van der Waals surface area contributed by atoms with E-state index in [1.165, 1.54) is 0 Å². The third kappa shape index (κ3) is 2.47. The molecule has 0 spiro atoms. The van der Waals surface area contributed by atoms with E-state index in [0.717, 1.165) is 25.1 Å². The smallest absolute Gasteiger partial charge is 0.383 e. The maximum absolute atomic E-state index is 13.8. The zero-order chi connectivity index (χ0) is 16.7. The van der Waals surface area contributed by atoms with Crippen LogP contribution in [0.5, 0.6) is 0 Å². The van der Waals surface area contributed by atoms with Crippen LogP contribution in [-0.2, 0) is 0 Å². The summed E-state index contributed by atoms with van der Waals surface area (Å²) in [6, 6.07) is 2.54. The fourth-order valence-corrected chi connectivity index (χ4v) is 1.87. The molecule has 0 aliphatic heterocycles. The number of hydrogen-bond donors (Lipinski definition) is 1. The highest BCUT2D eigenvalue weighted by molar-refractivity contribution is 5.73. The third-order valence-corrected chi connectivity index (χ3v) is 3.11. The number of nitriles is 1. The normalized spacial score (nSPS) is 13.0. The van der Waals surface area contributed by atoms with Crippen LogP contribution in [0.1, 0.15) is 18.5 Å². The minimum atomic E-state index is -4.66. The van der Waals surface area contributed by atoms with Crippen molar-refractivity contribution in [2.45, 2.75) is 19.1 Å². The van der Waals surface area contributed by atoms with E-state index in [-0.39, 0.29) is 0 Å². The van der Waals surface area contributed by atoms with Crippen molar-refractivity contribution in [3.05, 3.63) is 35.4 Å². The molecule has 0 aliphatic carbocycles. The predicted molar refractivity (Wildman–Crippen MR) is 67.5 cm³/mol. The summed E-state index contributed by atoms with van der Waals surface area (Å²) in [5, 5.41) is 12.6. The van der Waals surface area contributed by atoms with Crippen LogP contribution in [0.15, 0.2) is 18.2 Å². The topological polar surface area (TPSA) is 67.6 Å². The van der Waals surface area contributed by atoms with E-state index in [4.69, 9.17) is 11.0 Å². The molecular weight excluding hydrogens is 307 g/mol. The van der Waals surface area contributed by atoms with Gasteiger partial charge in [-0.15, -0.1) is 0 Å². The Morgan fingerprint density at radius 3 is 2.50 bits per heavy atom. The molecule has 1 aromatic heterocycles. The van der Waals surface area contributed by atoms with Crippen LogP contribution in [0, 0.1) is 23.0 Å². The van der Waals surface area contributed by atoms with Gasteiger partial charge in [-0.05, 0) is 19.1 Å². The van der Waals surface area contributed by atoms with Crippen molar-refractivity contribution in [2.24, 2.45) is 0 Å². The van der Waals surface area contributed by atoms with Crippen molar-refractivity contribution in [1.82, 2.24) is 9.78 Å². The monoisotopic (exact) mass is 316 g/mol. The lowest BCUT2D eigenvalue weighted by atomic mass is 10.1. The number of alkyl halides is 3. The standard InChI is InChI=1S/C13H9F5N4/c1-6(13(16,17)18)22-12(20)8(5-19)11(21-22)7-3-2-4-9(14)10(7)15/h2-4,6H,20H2,1H3. The Bertz CT molecular complexity index is 757.